The van der Waals surface area contributed by atoms with Crippen LogP contribution in [0.15, 0.2) is 77.3 Å². The van der Waals surface area contributed by atoms with E-state index in [1.54, 1.807) is 53.2 Å². The van der Waals surface area contributed by atoms with E-state index in [2.05, 4.69) is 26.0 Å². The van der Waals surface area contributed by atoms with Gasteiger partial charge in [-0.2, -0.15) is 0 Å². The summed E-state index contributed by atoms with van der Waals surface area (Å²) in [6.45, 7) is 1.56. The van der Waals surface area contributed by atoms with Crippen molar-refractivity contribution in [1.29, 1.82) is 0 Å². The lowest BCUT2D eigenvalue weighted by atomic mass is 10.1. The summed E-state index contributed by atoms with van der Waals surface area (Å²) in [5.74, 6) is -0.763. The molecule has 4 aromatic rings. The topological polar surface area (TPSA) is 74.1 Å². The number of nitrogens with zero attached hydrogens (tertiary/aromatic N) is 3. The zero-order chi connectivity index (χ0) is 22.7. The molecule has 8 heteroatoms. The molecule has 0 aliphatic rings. The summed E-state index contributed by atoms with van der Waals surface area (Å²) in [4.78, 5) is 29.4. The summed E-state index contributed by atoms with van der Waals surface area (Å²) in [7, 11) is 0. The molecule has 0 radical (unpaired) electrons. The SMILES string of the molecule is Cc1cccc(-c2nc(C(=O)OCC(=O)c3ccc(Br)cc3)nn2-c2ccc(Cl)cc2)c1. The predicted molar refractivity (Wildman–Crippen MR) is 125 cm³/mol. The molecule has 0 amide bonds. The fraction of sp³-hybridized carbons (Fsp3) is 0.0833. The molecule has 0 fully saturated rings. The molecule has 0 unspecified atom stereocenters. The van der Waals surface area contributed by atoms with Gasteiger partial charge in [0.15, 0.2) is 18.2 Å². The van der Waals surface area contributed by atoms with Gasteiger partial charge in [-0.05, 0) is 49.4 Å². The second kappa shape index (κ2) is 9.46. The van der Waals surface area contributed by atoms with Crippen LogP contribution in [0.4, 0.5) is 0 Å². The van der Waals surface area contributed by atoms with E-state index in [0.717, 1.165) is 15.6 Å². The number of aryl methyl sites for hydroxylation is 1. The van der Waals surface area contributed by atoms with Gasteiger partial charge >= 0.3 is 5.97 Å². The number of carbonyl (C=O) groups excluding carboxylic acids is 2. The van der Waals surface area contributed by atoms with Crippen molar-refractivity contribution in [2.24, 2.45) is 0 Å². The minimum absolute atomic E-state index is 0.139. The summed E-state index contributed by atoms with van der Waals surface area (Å²) in [6.07, 6.45) is 0. The Morgan fingerprint density at radius 3 is 2.44 bits per heavy atom. The molecule has 0 saturated carbocycles. The molecule has 0 bridgehead atoms. The number of esters is 1. The first-order chi connectivity index (χ1) is 15.4. The zero-order valence-corrected chi connectivity index (χ0v) is 19.3. The standard InChI is InChI=1S/C24H17BrClN3O3/c1-15-3-2-4-17(13-15)23-27-22(28-29(23)20-11-9-19(26)10-12-20)24(31)32-14-21(30)16-5-7-18(25)8-6-16/h2-13H,14H2,1H3. The van der Waals surface area contributed by atoms with Crippen molar-refractivity contribution in [3.05, 3.63) is 99.2 Å². The van der Waals surface area contributed by atoms with Crippen LogP contribution in [0, 0.1) is 6.92 Å². The third-order valence-corrected chi connectivity index (χ3v) is 5.42. The van der Waals surface area contributed by atoms with Crippen LogP contribution in [0.2, 0.25) is 5.02 Å². The molecule has 0 saturated heterocycles. The fourth-order valence-corrected chi connectivity index (χ4v) is 3.44. The van der Waals surface area contributed by atoms with Crippen LogP contribution in [-0.4, -0.2) is 33.1 Å². The first kappa shape index (κ1) is 21.9. The second-order valence-electron chi connectivity index (χ2n) is 7.02. The molecular formula is C24H17BrClN3O3. The third kappa shape index (κ3) is 4.95. The minimum atomic E-state index is -0.780. The Kier molecular flexibility index (Phi) is 6.48. The Balaban J connectivity index is 1.61. The molecule has 6 nitrogen and oxygen atoms in total. The lowest BCUT2D eigenvalue weighted by Gasteiger charge is -2.06. The summed E-state index contributed by atoms with van der Waals surface area (Å²) in [5.41, 5.74) is 2.96. The van der Waals surface area contributed by atoms with Gasteiger partial charge < -0.3 is 4.74 Å². The van der Waals surface area contributed by atoms with Crippen LogP contribution < -0.4 is 0 Å². The van der Waals surface area contributed by atoms with E-state index in [4.69, 9.17) is 16.3 Å². The molecule has 32 heavy (non-hydrogen) atoms. The maximum atomic E-state index is 12.6. The monoisotopic (exact) mass is 509 g/mol. The van der Waals surface area contributed by atoms with Crippen LogP contribution in [0.3, 0.4) is 0 Å². The predicted octanol–water partition coefficient (Wildman–Crippen LogP) is 5.70. The third-order valence-electron chi connectivity index (χ3n) is 4.64. The van der Waals surface area contributed by atoms with Gasteiger partial charge in [0, 0.05) is 20.6 Å². The summed E-state index contributed by atoms with van der Waals surface area (Å²) < 4.78 is 7.61. The maximum Gasteiger partial charge on any atom is 0.378 e. The Hall–Kier alpha value is -3.29. The van der Waals surface area contributed by atoms with E-state index in [1.807, 2.05) is 31.2 Å². The first-order valence-electron chi connectivity index (χ1n) is 9.66. The van der Waals surface area contributed by atoms with Gasteiger partial charge in [0.05, 0.1) is 5.69 Å². The normalized spacial score (nSPS) is 10.7. The van der Waals surface area contributed by atoms with Crippen LogP contribution in [0.5, 0.6) is 0 Å². The highest BCUT2D eigenvalue weighted by Crippen LogP contribution is 2.23. The second-order valence-corrected chi connectivity index (χ2v) is 8.38. The molecular weight excluding hydrogens is 494 g/mol. The lowest BCUT2D eigenvalue weighted by molar-refractivity contribution is 0.0462. The number of halogens is 2. The van der Waals surface area contributed by atoms with Gasteiger partial charge in [-0.1, -0.05) is 63.4 Å². The zero-order valence-electron chi connectivity index (χ0n) is 17.0. The van der Waals surface area contributed by atoms with Gasteiger partial charge in [0.2, 0.25) is 0 Å². The largest absolute Gasteiger partial charge is 0.451 e. The van der Waals surface area contributed by atoms with Crippen LogP contribution >= 0.6 is 27.5 Å². The number of benzene rings is 3. The minimum Gasteiger partial charge on any atom is -0.451 e. The quantitative estimate of drug-likeness (QED) is 0.246. The number of rotatable bonds is 6. The molecule has 1 aromatic heterocycles. The van der Waals surface area contributed by atoms with E-state index in [9.17, 15) is 9.59 Å². The average molecular weight is 511 g/mol. The maximum absolute atomic E-state index is 12.6. The number of hydrogen-bond donors (Lipinski definition) is 0. The number of Topliss-reactive ketones (excluding diaryl/α,β-unsaturated/α-hetero) is 1. The van der Waals surface area contributed by atoms with Crippen LogP contribution in [0.1, 0.15) is 26.5 Å². The number of hydrogen-bond acceptors (Lipinski definition) is 5. The molecule has 0 atom stereocenters. The average Bonchev–Trinajstić information content (AvgIpc) is 3.24. The van der Waals surface area contributed by atoms with E-state index >= 15 is 0 Å². The molecule has 1 heterocycles. The Morgan fingerprint density at radius 1 is 1.03 bits per heavy atom. The number of ketones is 1. The molecule has 3 aromatic carbocycles. The number of ether oxygens (including phenoxy) is 1. The van der Waals surface area contributed by atoms with Gasteiger partial charge in [0.25, 0.3) is 5.82 Å². The van der Waals surface area contributed by atoms with Crippen LogP contribution in [-0.2, 0) is 4.74 Å². The van der Waals surface area contributed by atoms with E-state index < -0.39 is 12.6 Å². The van der Waals surface area contributed by atoms with Gasteiger partial charge in [-0.3, -0.25) is 4.79 Å². The van der Waals surface area contributed by atoms with Gasteiger partial charge in [-0.25, -0.2) is 14.5 Å². The smallest absolute Gasteiger partial charge is 0.378 e. The Morgan fingerprint density at radius 2 is 1.75 bits per heavy atom. The fourth-order valence-electron chi connectivity index (χ4n) is 3.05. The molecule has 0 aliphatic heterocycles. The number of carbonyl (C=O) groups is 2. The molecule has 0 spiro atoms. The Labute approximate surface area is 197 Å². The van der Waals surface area contributed by atoms with Gasteiger partial charge in [-0.15, -0.1) is 5.10 Å². The molecule has 4 rings (SSSR count). The lowest BCUT2D eigenvalue weighted by Crippen LogP contribution is -2.15. The summed E-state index contributed by atoms with van der Waals surface area (Å²) >= 11 is 9.33. The highest BCUT2D eigenvalue weighted by molar-refractivity contribution is 9.10. The summed E-state index contributed by atoms with van der Waals surface area (Å²) in [6, 6.07) is 21.5. The van der Waals surface area contributed by atoms with Crippen molar-refractivity contribution < 1.29 is 14.3 Å². The van der Waals surface area contributed by atoms with E-state index in [1.165, 1.54) is 0 Å². The van der Waals surface area contributed by atoms with E-state index in [0.29, 0.717) is 22.1 Å². The van der Waals surface area contributed by atoms with Crippen molar-refractivity contribution in [2.75, 3.05) is 6.61 Å². The van der Waals surface area contributed by atoms with Crippen molar-refractivity contribution in [2.45, 2.75) is 6.92 Å². The van der Waals surface area contributed by atoms with Crippen molar-refractivity contribution >= 4 is 39.3 Å². The van der Waals surface area contributed by atoms with Crippen molar-refractivity contribution in [1.82, 2.24) is 14.8 Å². The van der Waals surface area contributed by atoms with Crippen LogP contribution in [0.25, 0.3) is 17.1 Å². The van der Waals surface area contributed by atoms with Crippen molar-refractivity contribution in [3.8, 4) is 17.1 Å². The number of aromatic nitrogens is 3. The highest BCUT2D eigenvalue weighted by atomic mass is 79.9. The molecule has 0 aliphatic carbocycles. The Bertz CT molecular complexity index is 1280. The summed E-state index contributed by atoms with van der Waals surface area (Å²) in [5, 5.41) is 4.93. The highest BCUT2D eigenvalue weighted by Gasteiger charge is 2.21. The van der Waals surface area contributed by atoms with Crippen molar-refractivity contribution in [3.63, 3.8) is 0 Å². The van der Waals surface area contributed by atoms with E-state index in [-0.39, 0.29) is 11.6 Å². The first-order valence-corrected chi connectivity index (χ1v) is 10.8. The molecule has 160 valence electrons. The molecule has 0 N–H and O–H groups in total. The van der Waals surface area contributed by atoms with Gasteiger partial charge in [0.1, 0.15) is 0 Å².